The van der Waals surface area contributed by atoms with Crippen molar-refractivity contribution in [3.63, 3.8) is 0 Å². The Bertz CT molecular complexity index is 812. The Kier molecular flexibility index (Phi) is 5.01. The van der Waals surface area contributed by atoms with Crippen LogP contribution in [-0.4, -0.2) is 49.2 Å². The second-order valence-electron chi connectivity index (χ2n) is 7.16. The molecule has 142 valence electrons. The number of nitrogens with zero attached hydrogens (tertiary/aromatic N) is 1. The molecule has 0 aromatic heterocycles. The summed E-state index contributed by atoms with van der Waals surface area (Å²) in [5, 5.41) is 2.98. The molecular weight excluding hydrogens is 342 g/mol. The van der Waals surface area contributed by atoms with Gasteiger partial charge in [-0.25, -0.2) is 0 Å². The molecule has 0 radical (unpaired) electrons. The summed E-state index contributed by atoms with van der Waals surface area (Å²) in [6.07, 6.45) is 0. The number of benzene rings is 2. The number of amides is 1. The van der Waals surface area contributed by atoms with Gasteiger partial charge in [0.05, 0.1) is 6.04 Å². The third-order valence-electron chi connectivity index (χ3n) is 5.36. The van der Waals surface area contributed by atoms with Crippen LogP contribution in [0.4, 0.5) is 5.69 Å². The monoisotopic (exact) mass is 367 g/mol. The van der Waals surface area contributed by atoms with Crippen LogP contribution >= 0.6 is 0 Å². The van der Waals surface area contributed by atoms with E-state index in [2.05, 4.69) is 22.3 Å². The Morgan fingerprint density at radius 2 is 1.85 bits per heavy atom. The highest BCUT2D eigenvalue weighted by Gasteiger charge is 2.35. The van der Waals surface area contributed by atoms with Crippen molar-refractivity contribution in [2.75, 3.05) is 31.6 Å². The fraction of sp³-hybridized carbons (Fsp3) is 0.381. The molecule has 1 amide bonds. The molecule has 0 saturated carbocycles. The number of nitrogens with one attached hydrogen (secondary N) is 1. The highest BCUT2D eigenvalue weighted by Crippen LogP contribution is 2.33. The zero-order chi connectivity index (χ0) is 18.8. The third-order valence-corrected chi connectivity index (χ3v) is 5.36. The van der Waals surface area contributed by atoms with Crippen molar-refractivity contribution in [1.82, 2.24) is 4.90 Å². The quantitative estimate of drug-likeness (QED) is 0.866. The predicted octanol–water partition coefficient (Wildman–Crippen LogP) is 2.21. The standard InChI is InChI=1S/C21H25N3O3/c1-14(24-12-17(18(22)13-24)15-5-3-2-4-6-15)21(25)23-16-7-8-19-20(11-16)27-10-9-26-19/h2-8,11,14,17-18H,9-10,12-13,22H2,1H3,(H,23,25)/t14?,17-,18+/m0/s1. The van der Waals surface area contributed by atoms with E-state index in [9.17, 15) is 4.79 Å². The van der Waals surface area contributed by atoms with Crippen molar-refractivity contribution in [2.45, 2.75) is 24.9 Å². The summed E-state index contributed by atoms with van der Waals surface area (Å²) in [5.41, 5.74) is 8.30. The fourth-order valence-corrected chi connectivity index (χ4v) is 3.76. The summed E-state index contributed by atoms with van der Waals surface area (Å²) < 4.78 is 11.1. The van der Waals surface area contributed by atoms with E-state index in [1.165, 1.54) is 5.56 Å². The minimum Gasteiger partial charge on any atom is -0.486 e. The summed E-state index contributed by atoms with van der Waals surface area (Å²) in [6.45, 7) is 4.48. The van der Waals surface area contributed by atoms with Gasteiger partial charge >= 0.3 is 0 Å². The Balaban J connectivity index is 1.41. The number of hydrogen-bond donors (Lipinski definition) is 2. The Morgan fingerprint density at radius 1 is 1.11 bits per heavy atom. The molecule has 1 fully saturated rings. The molecule has 6 heteroatoms. The molecule has 3 atom stereocenters. The van der Waals surface area contributed by atoms with Crippen molar-refractivity contribution < 1.29 is 14.3 Å². The van der Waals surface area contributed by atoms with Crippen molar-refractivity contribution in [2.24, 2.45) is 5.73 Å². The summed E-state index contributed by atoms with van der Waals surface area (Å²) in [6, 6.07) is 15.5. The normalized spacial score (nSPS) is 23.0. The lowest BCUT2D eigenvalue weighted by Crippen LogP contribution is -2.41. The number of hydrogen-bond acceptors (Lipinski definition) is 5. The number of likely N-dealkylation sites (tertiary alicyclic amines) is 1. The van der Waals surface area contributed by atoms with E-state index >= 15 is 0 Å². The van der Waals surface area contributed by atoms with Gasteiger partial charge in [-0.3, -0.25) is 9.69 Å². The van der Waals surface area contributed by atoms with E-state index in [0.29, 0.717) is 36.9 Å². The first-order valence-corrected chi connectivity index (χ1v) is 9.37. The van der Waals surface area contributed by atoms with Gasteiger partial charge in [-0.1, -0.05) is 30.3 Å². The Labute approximate surface area is 159 Å². The molecule has 4 rings (SSSR count). The van der Waals surface area contributed by atoms with Crippen molar-refractivity contribution in [3.05, 3.63) is 54.1 Å². The van der Waals surface area contributed by atoms with Crippen molar-refractivity contribution in [3.8, 4) is 11.5 Å². The van der Waals surface area contributed by atoms with Crippen LogP contribution in [0.2, 0.25) is 0 Å². The molecule has 2 aliphatic rings. The second-order valence-corrected chi connectivity index (χ2v) is 7.16. The first kappa shape index (κ1) is 17.8. The van der Waals surface area contributed by atoms with Gasteiger partial charge in [0.2, 0.25) is 5.91 Å². The number of anilines is 1. The minimum absolute atomic E-state index is 0.0249. The highest BCUT2D eigenvalue weighted by molar-refractivity contribution is 5.94. The molecule has 0 bridgehead atoms. The maximum Gasteiger partial charge on any atom is 0.241 e. The lowest BCUT2D eigenvalue weighted by molar-refractivity contribution is -0.120. The van der Waals surface area contributed by atoms with Crippen LogP contribution in [0.3, 0.4) is 0 Å². The van der Waals surface area contributed by atoms with Crippen molar-refractivity contribution >= 4 is 11.6 Å². The maximum atomic E-state index is 12.8. The van der Waals surface area contributed by atoms with E-state index < -0.39 is 0 Å². The summed E-state index contributed by atoms with van der Waals surface area (Å²) in [4.78, 5) is 14.9. The number of nitrogens with two attached hydrogens (primary N) is 1. The van der Waals surface area contributed by atoms with Crippen LogP contribution in [-0.2, 0) is 4.79 Å². The molecule has 2 aromatic carbocycles. The minimum atomic E-state index is -0.266. The first-order chi connectivity index (χ1) is 13.1. The van der Waals surface area contributed by atoms with Gasteiger partial charge < -0.3 is 20.5 Å². The van der Waals surface area contributed by atoms with Gasteiger partial charge in [-0.05, 0) is 24.6 Å². The van der Waals surface area contributed by atoms with Crippen LogP contribution in [0.1, 0.15) is 18.4 Å². The van der Waals surface area contributed by atoms with Crippen LogP contribution in [0.25, 0.3) is 0 Å². The highest BCUT2D eigenvalue weighted by atomic mass is 16.6. The Hall–Kier alpha value is -2.57. The van der Waals surface area contributed by atoms with Crippen LogP contribution < -0.4 is 20.5 Å². The molecule has 2 heterocycles. The molecule has 3 N–H and O–H groups in total. The number of rotatable bonds is 4. The lowest BCUT2D eigenvalue weighted by Gasteiger charge is -2.24. The molecule has 27 heavy (non-hydrogen) atoms. The smallest absolute Gasteiger partial charge is 0.241 e. The maximum absolute atomic E-state index is 12.8. The first-order valence-electron chi connectivity index (χ1n) is 9.37. The molecule has 6 nitrogen and oxygen atoms in total. The van der Waals surface area contributed by atoms with Crippen LogP contribution in [0, 0.1) is 0 Å². The predicted molar refractivity (Wildman–Crippen MR) is 104 cm³/mol. The molecule has 1 unspecified atom stereocenters. The van der Waals surface area contributed by atoms with E-state index in [0.717, 1.165) is 6.54 Å². The van der Waals surface area contributed by atoms with Gasteiger partial charge in [0.15, 0.2) is 11.5 Å². The average molecular weight is 367 g/mol. The zero-order valence-electron chi connectivity index (χ0n) is 15.4. The van der Waals surface area contributed by atoms with Crippen LogP contribution in [0.15, 0.2) is 48.5 Å². The summed E-state index contributed by atoms with van der Waals surface area (Å²) >= 11 is 0. The van der Waals surface area contributed by atoms with Gasteiger partial charge in [0, 0.05) is 36.8 Å². The number of carbonyl (C=O) groups excluding carboxylic acids is 1. The van der Waals surface area contributed by atoms with E-state index in [1.807, 2.05) is 43.3 Å². The fourth-order valence-electron chi connectivity index (χ4n) is 3.76. The van der Waals surface area contributed by atoms with E-state index in [1.54, 1.807) is 0 Å². The van der Waals surface area contributed by atoms with Crippen LogP contribution in [0.5, 0.6) is 11.5 Å². The van der Waals surface area contributed by atoms with Gasteiger partial charge in [-0.15, -0.1) is 0 Å². The summed E-state index contributed by atoms with van der Waals surface area (Å²) in [7, 11) is 0. The number of fused-ring (bicyclic) bond motifs is 1. The zero-order valence-corrected chi connectivity index (χ0v) is 15.4. The topological polar surface area (TPSA) is 76.8 Å². The molecular formula is C21H25N3O3. The third kappa shape index (κ3) is 3.77. The average Bonchev–Trinajstić information content (AvgIpc) is 3.09. The number of ether oxygens (including phenoxy) is 2. The summed E-state index contributed by atoms with van der Waals surface area (Å²) in [5.74, 6) is 1.57. The Morgan fingerprint density at radius 3 is 2.63 bits per heavy atom. The van der Waals surface area contributed by atoms with E-state index in [4.69, 9.17) is 15.2 Å². The molecule has 1 saturated heterocycles. The largest absolute Gasteiger partial charge is 0.486 e. The molecule has 2 aromatic rings. The molecule has 0 aliphatic carbocycles. The number of carbonyl (C=O) groups is 1. The second kappa shape index (κ2) is 7.58. The van der Waals surface area contributed by atoms with Gasteiger partial charge in [0.1, 0.15) is 13.2 Å². The van der Waals surface area contributed by atoms with Gasteiger partial charge in [0.25, 0.3) is 0 Å². The SMILES string of the molecule is CC(C(=O)Nc1ccc2c(c1)OCCO2)N1C[C@@H](N)[C@H](c2ccccc2)C1. The molecule has 0 spiro atoms. The lowest BCUT2D eigenvalue weighted by atomic mass is 9.95. The van der Waals surface area contributed by atoms with Crippen molar-refractivity contribution in [1.29, 1.82) is 0 Å². The van der Waals surface area contributed by atoms with E-state index in [-0.39, 0.29) is 23.9 Å². The molecule has 2 aliphatic heterocycles. The van der Waals surface area contributed by atoms with Gasteiger partial charge in [-0.2, -0.15) is 0 Å².